The molecule has 0 radical (unpaired) electrons. The van der Waals surface area contributed by atoms with Gasteiger partial charge in [-0.2, -0.15) is 0 Å². The number of hydrogen-bond acceptors (Lipinski definition) is 8. The number of methoxy groups -OCH3 is 2. The Hall–Kier alpha value is -4.91. The van der Waals surface area contributed by atoms with E-state index >= 15 is 0 Å². The zero-order valence-corrected chi connectivity index (χ0v) is 33.6. The minimum absolute atomic E-state index is 0.0411. The van der Waals surface area contributed by atoms with Crippen molar-refractivity contribution in [3.63, 3.8) is 0 Å². The number of aromatic nitrogens is 2. The molecule has 5 rings (SSSR count). The largest absolute Gasteiger partial charge is 0.453 e. The second kappa shape index (κ2) is 18.6. The van der Waals surface area contributed by atoms with E-state index in [-0.39, 0.29) is 53.7 Å². The fourth-order valence-electron chi connectivity index (χ4n) is 8.18. The SMILES string of the molecule is COC(=O)N[C@H](C(=O)N1CCC[C@H]1c1ncc(-c2ccc(-c3ccc([C@H](C)NC(=O)C4CCCCC4C(C)N(NC(=O)OC)C(C)C)cc3)cc2)[nH]1)C(C)C. The predicted molar refractivity (Wildman–Crippen MR) is 211 cm³/mol. The maximum Gasteiger partial charge on any atom is 0.421 e. The highest BCUT2D eigenvalue weighted by atomic mass is 16.5. The van der Waals surface area contributed by atoms with Gasteiger partial charge in [-0.3, -0.25) is 15.0 Å². The first-order valence-corrected chi connectivity index (χ1v) is 19.7. The van der Waals surface area contributed by atoms with Crippen molar-refractivity contribution in [1.29, 1.82) is 0 Å². The molecule has 2 aromatic carbocycles. The number of hydrazine groups is 1. The number of amides is 4. The molecule has 13 nitrogen and oxygen atoms in total. The Morgan fingerprint density at radius 3 is 2.04 bits per heavy atom. The maximum absolute atomic E-state index is 13.7. The van der Waals surface area contributed by atoms with E-state index in [1.807, 2.05) is 44.5 Å². The second-order valence-corrected chi connectivity index (χ2v) is 15.6. The van der Waals surface area contributed by atoms with Crippen molar-refractivity contribution in [2.45, 2.75) is 110 Å². The summed E-state index contributed by atoms with van der Waals surface area (Å²) in [5, 5.41) is 7.89. The van der Waals surface area contributed by atoms with E-state index in [1.54, 1.807) is 6.20 Å². The van der Waals surface area contributed by atoms with Crippen LogP contribution in [0.4, 0.5) is 9.59 Å². The number of rotatable bonds is 13. The van der Waals surface area contributed by atoms with Crippen molar-refractivity contribution in [1.82, 2.24) is 35.9 Å². The zero-order chi connectivity index (χ0) is 39.8. The van der Waals surface area contributed by atoms with Crippen LogP contribution in [0.15, 0.2) is 54.7 Å². The zero-order valence-electron chi connectivity index (χ0n) is 33.6. The van der Waals surface area contributed by atoms with Crippen molar-refractivity contribution >= 4 is 24.0 Å². The van der Waals surface area contributed by atoms with Gasteiger partial charge in [0.05, 0.1) is 38.2 Å². The predicted octanol–water partition coefficient (Wildman–Crippen LogP) is 7.14. The number of nitrogens with one attached hydrogen (secondary N) is 4. The van der Waals surface area contributed by atoms with E-state index in [0.29, 0.717) is 6.54 Å². The summed E-state index contributed by atoms with van der Waals surface area (Å²) in [6.45, 7) is 12.5. The van der Waals surface area contributed by atoms with Crippen LogP contribution in [0.3, 0.4) is 0 Å². The molecule has 3 aromatic rings. The number of likely N-dealkylation sites (tertiary alicyclic amines) is 1. The first kappa shape index (κ1) is 41.3. The van der Waals surface area contributed by atoms with Crippen LogP contribution in [0.1, 0.15) is 104 Å². The molecule has 4 N–H and O–H groups in total. The van der Waals surface area contributed by atoms with E-state index in [9.17, 15) is 19.2 Å². The molecule has 2 fully saturated rings. The lowest BCUT2D eigenvalue weighted by Gasteiger charge is -2.42. The molecule has 2 aliphatic rings. The molecule has 1 aromatic heterocycles. The smallest absolute Gasteiger partial charge is 0.421 e. The molecule has 0 spiro atoms. The average Bonchev–Trinajstić information content (AvgIpc) is 3.89. The lowest BCUT2D eigenvalue weighted by molar-refractivity contribution is -0.135. The number of benzene rings is 2. The van der Waals surface area contributed by atoms with E-state index < -0.39 is 18.2 Å². The lowest BCUT2D eigenvalue weighted by Crippen LogP contribution is -2.56. The van der Waals surface area contributed by atoms with E-state index in [4.69, 9.17) is 9.47 Å². The van der Waals surface area contributed by atoms with Gasteiger partial charge in [0.1, 0.15) is 11.9 Å². The van der Waals surface area contributed by atoms with Gasteiger partial charge < -0.3 is 30.0 Å². The highest BCUT2D eigenvalue weighted by molar-refractivity contribution is 5.86. The minimum atomic E-state index is -0.685. The molecule has 298 valence electrons. The van der Waals surface area contributed by atoms with Crippen molar-refractivity contribution < 1.29 is 28.7 Å². The highest BCUT2D eigenvalue weighted by Crippen LogP contribution is 2.36. The number of alkyl carbamates (subject to hydrolysis) is 1. The van der Waals surface area contributed by atoms with Crippen molar-refractivity contribution in [2.24, 2.45) is 17.8 Å². The Kier molecular flexibility index (Phi) is 14.0. The summed E-state index contributed by atoms with van der Waals surface area (Å²) in [7, 11) is 2.64. The summed E-state index contributed by atoms with van der Waals surface area (Å²) in [4.78, 5) is 61.2. The second-order valence-electron chi connectivity index (χ2n) is 15.6. The molecule has 55 heavy (non-hydrogen) atoms. The van der Waals surface area contributed by atoms with Crippen molar-refractivity contribution in [3.05, 3.63) is 66.1 Å². The molecule has 1 aliphatic carbocycles. The molecule has 3 unspecified atom stereocenters. The molecule has 13 heteroatoms. The monoisotopic (exact) mass is 757 g/mol. The third-order valence-electron chi connectivity index (χ3n) is 11.3. The maximum atomic E-state index is 13.7. The van der Waals surface area contributed by atoms with Gasteiger partial charge in [0, 0.05) is 24.5 Å². The Balaban J connectivity index is 1.21. The summed E-state index contributed by atoms with van der Waals surface area (Å²) in [6.07, 6.45) is 6.12. The standard InChI is InChI=1S/C42H59N7O6/c1-25(2)37(46-41(52)54-7)40(51)48-23-11-14-36(48)38-43-24-35(45-38)32-21-19-31(20-22-32)30-17-15-29(16-18-30)27(5)44-39(50)34-13-10-9-12-33(34)28(6)49(26(3)4)47-42(53)55-8/h15-22,24-28,33-34,36-37H,9-14,23H2,1-8H3,(H,43,45)(H,44,50)(H,46,52)(H,47,53)/t27-,28?,33?,34?,36-,37-/m0/s1. The number of imidazole rings is 1. The van der Waals surface area contributed by atoms with Gasteiger partial charge in [0.25, 0.3) is 0 Å². The Bertz CT molecular complexity index is 1760. The molecular weight excluding hydrogens is 699 g/mol. The van der Waals surface area contributed by atoms with Gasteiger partial charge >= 0.3 is 12.2 Å². The topological polar surface area (TPSA) is 158 Å². The van der Waals surface area contributed by atoms with Crippen LogP contribution < -0.4 is 16.1 Å². The van der Waals surface area contributed by atoms with E-state index in [1.165, 1.54) is 14.2 Å². The Morgan fingerprint density at radius 1 is 0.800 bits per heavy atom. The van der Waals surface area contributed by atoms with Gasteiger partial charge in [-0.25, -0.2) is 19.6 Å². The van der Waals surface area contributed by atoms with Crippen LogP contribution in [-0.4, -0.2) is 82.8 Å². The number of nitrogens with zero attached hydrogens (tertiary/aromatic N) is 3. The minimum Gasteiger partial charge on any atom is -0.453 e. The van der Waals surface area contributed by atoms with Gasteiger partial charge in [0.2, 0.25) is 11.8 Å². The van der Waals surface area contributed by atoms with Gasteiger partial charge in [-0.05, 0) is 87.5 Å². The van der Waals surface area contributed by atoms with Gasteiger partial charge in [-0.15, -0.1) is 0 Å². The lowest BCUT2D eigenvalue weighted by atomic mass is 9.74. The van der Waals surface area contributed by atoms with Crippen LogP contribution in [0.2, 0.25) is 0 Å². The molecule has 1 saturated heterocycles. The number of ether oxygens (including phenoxy) is 2. The molecule has 2 heterocycles. The number of carbonyl (C=O) groups is 4. The van der Waals surface area contributed by atoms with Crippen molar-refractivity contribution in [2.75, 3.05) is 20.8 Å². The summed E-state index contributed by atoms with van der Waals surface area (Å²) in [5.74, 6) is 0.483. The molecule has 4 amide bonds. The van der Waals surface area contributed by atoms with Crippen LogP contribution >= 0.6 is 0 Å². The van der Waals surface area contributed by atoms with Gasteiger partial charge in [-0.1, -0.05) is 75.2 Å². The van der Waals surface area contributed by atoms with E-state index in [0.717, 1.165) is 72.3 Å². The Morgan fingerprint density at radius 2 is 1.42 bits per heavy atom. The van der Waals surface area contributed by atoms with Gasteiger partial charge in [0.15, 0.2) is 0 Å². The number of hydrogen-bond donors (Lipinski definition) is 4. The molecule has 1 saturated carbocycles. The van der Waals surface area contributed by atoms with Crippen LogP contribution in [0, 0.1) is 17.8 Å². The normalized spacial score (nSPS) is 20.2. The van der Waals surface area contributed by atoms with E-state index in [2.05, 4.69) is 81.5 Å². The average molecular weight is 758 g/mol. The third kappa shape index (κ3) is 9.86. The third-order valence-corrected chi connectivity index (χ3v) is 11.3. The number of carbonyl (C=O) groups excluding carboxylic acids is 4. The van der Waals surface area contributed by atoms with Crippen LogP contribution in [-0.2, 0) is 19.1 Å². The summed E-state index contributed by atoms with van der Waals surface area (Å²) < 4.78 is 9.61. The summed E-state index contributed by atoms with van der Waals surface area (Å²) in [6, 6.07) is 15.5. The fourth-order valence-corrected chi connectivity index (χ4v) is 8.18. The van der Waals surface area contributed by atoms with Crippen molar-refractivity contribution in [3.8, 4) is 22.4 Å². The highest BCUT2D eigenvalue weighted by Gasteiger charge is 2.39. The molecule has 1 aliphatic heterocycles. The summed E-state index contributed by atoms with van der Waals surface area (Å²) >= 11 is 0. The fraction of sp³-hybridized carbons (Fsp3) is 0.548. The first-order valence-electron chi connectivity index (χ1n) is 19.7. The first-order chi connectivity index (χ1) is 26.3. The van der Waals surface area contributed by atoms with Crippen LogP contribution in [0.5, 0.6) is 0 Å². The summed E-state index contributed by atoms with van der Waals surface area (Å²) in [5.41, 5.74) is 7.85. The number of H-pyrrole nitrogens is 1. The number of aromatic amines is 1. The Labute approximate surface area is 325 Å². The van der Waals surface area contributed by atoms with Crippen LogP contribution in [0.25, 0.3) is 22.4 Å². The molecular formula is C42H59N7O6. The molecule has 6 atom stereocenters. The quantitative estimate of drug-likeness (QED) is 0.134. The molecule has 0 bridgehead atoms.